The molecule has 0 heterocycles. The fourth-order valence-corrected chi connectivity index (χ4v) is 0.592. The highest BCUT2D eigenvalue weighted by atomic mass is 19.1. The molecule has 0 spiro atoms. The van der Waals surface area contributed by atoms with E-state index in [1.54, 1.807) is 0 Å². The van der Waals surface area contributed by atoms with Crippen LogP contribution in [0.2, 0.25) is 0 Å². The second-order valence-electron chi connectivity index (χ2n) is 3.56. The number of ether oxygens (including phenoxy) is 1. The molecule has 0 aliphatic rings. The van der Waals surface area contributed by atoms with Gasteiger partial charge in [-0.15, -0.1) is 0 Å². The zero-order valence-electron chi connectivity index (χ0n) is 7.63. The topological polar surface area (TPSA) is 46.5 Å². The van der Waals surface area contributed by atoms with Crippen molar-refractivity contribution in [2.45, 2.75) is 39.0 Å². The van der Waals surface area contributed by atoms with E-state index in [2.05, 4.69) is 0 Å². The Morgan fingerprint density at radius 2 is 2.08 bits per heavy atom. The fourth-order valence-electron chi connectivity index (χ4n) is 0.592. The molecular formula is C8H15FO3. The molecule has 0 radical (unpaired) electrons. The van der Waals surface area contributed by atoms with Crippen LogP contribution in [-0.2, 0) is 9.53 Å². The Kier molecular flexibility index (Phi) is 4.17. The van der Waals surface area contributed by atoms with Gasteiger partial charge in [0.25, 0.3) is 0 Å². The lowest BCUT2D eigenvalue weighted by Crippen LogP contribution is -2.23. The zero-order chi connectivity index (χ0) is 9.78. The van der Waals surface area contributed by atoms with Crippen molar-refractivity contribution in [3.63, 3.8) is 0 Å². The maximum absolute atomic E-state index is 12.4. The quantitative estimate of drug-likeness (QED) is 0.711. The van der Waals surface area contributed by atoms with Gasteiger partial charge in [0.1, 0.15) is 0 Å². The second-order valence-corrected chi connectivity index (χ2v) is 3.56. The molecule has 0 aliphatic heterocycles. The molecule has 0 aromatic carbocycles. The molecule has 0 aliphatic carbocycles. The lowest BCUT2D eigenvalue weighted by molar-refractivity contribution is -0.144. The summed E-state index contributed by atoms with van der Waals surface area (Å²) >= 11 is 0. The summed E-state index contributed by atoms with van der Waals surface area (Å²) in [5, 5.41) is 8.18. The van der Waals surface area contributed by atoms with Crippen molar-refractivity contribution in [3.05, 3.63) is 0 Å². The van der Waals surface area contributed by atoms with Gasteiger partial charge in [-0.3, -0.25) is 0 Å². The first-order chi connectivity index (χ1) is 5.33. The molecule has 1 unspecified atom stereocenters. The number of carbonyl (C=O) groups is 1. The normalized spacial score (nSPS) is 14.3. The van der Waals surface area contributed by atoms with Crippen LogP contribution < -0.4 is 0 Å². The van der Waals surface area contributed by atoms with E-state index in [9.17, 15) is 9.18 Å². The minimum atomic E-state index is -1.81. The summed E-state index contributed by atoms with van der Waals surface area (Å²) in [5.41, 5.74) is -0.335. The highest BCUT2D eigenvalue weighted by Crippen LogP contribution is 2.08. The molecule has 0 aromatic rings. The zero-order valence-corrected chi connectivity index (χ0v) is 7.63. The molecule has 1 atom stereocenters. The van der Waals surface area contributed by atoms with E-state index in [-0.39, 0.29) is 18.6 Å². The highest BCUT2D eigenvalue weighted by molar-refractivity contribution is 5.71. The number of carboxylic acid groups (broad SMARTS) is 1. The van der Waals surface area contributed by atoms with E-state index < -0.39 is 12.1 Å². The third-order valence-corrected chi connectivity index (χ3v) is 1.17. The van der Waals surface area contributed by atoms with Crippen LogP contribution in [-0.4, -0.2) is 29.5 Å². The monoisotopic (exact) mass is 178 g/mol. The average Bonchev–Trinajstić information content (AvgIpc) is 1.84. The summed E-state index contributed by atoms with van der Waals surface area (Å²) in [5.74, 6) is -1.42. The number of hydrogen-bond donors (Lipinski definition) is 1. The van der Waals surface area contributed by atoms with Crippen LogP contribution in [0.15, 0.2) is 0 Å². The van der Waals surface area contributed by atoms with Gasteiger partial charge in [0.15, 0.2) is 6.17 Å². The van der Waals surface area contributed by atoms with E-state index in [4.69, 9.17) is 9.84 Å². The van der Waals surface area contributed by atoms with E-state index >= 15 is 0 Å². The molecule has 72 valence electrons. The number of rotatable bonds is 4. The average molecular weight is 178 g/mol. The number of hydrogen-bond acceptors (Lipinski definition) is 2. The Bertz CT molecular complexity index is 151. The summed E-state index contributed by atoms with van der Waals surface area (Å²) in [6.45, 7) is 5.64. The van der Waals surface area contributed by atoms with Gasteiger partial charge in [0.05, 0.1) is 12.2 Å². The molecule has 0 amide bonds. The van der Waals surface area contributed by atoms with Crippen molar-refractivity contribution in [3.8, 4) is 0 Å². The van der Waals surface area contributed by atoms with Crippen molar-refractivity contribution < 1.29 is 19.0 Å². The predicted octanol–water partition coefficient (Wildman–Crippen LogP) is 1.61. The van der Waals surface area contributed by atoms with Crippen LogP contribution in [0, 0.1) is 0 Å². The molecule has 0 saturated heterocycles. The SMILES string of the molecule is CC(C)(C)OCCC(F)C(=O)O. The van der Waals surface area contributed by atoms with Gasteiger partial charge >= 0.3 is 5.97 Å². The molecular weight excluding hydrogens is 163 g/mol. The third-order valence-electron chi connectivity index (χ3n) is 1.17. The maximum Gasteiger partial charge on any atom is 0.338 e. The summed E-state index contributed by atoms with van der Waals surface area (Å²) in [6, 6.07) is 0. The van der Waals surface area contributed by atoms with E-state index in [0.717, 1.165) is 0 Å². The van der Waals surface area contributed by atoms with Crippen molar-refractivity contribution in [1.82, 2.24) is 0 Å². The van der Waals surface area contributed by atoms with Crippen LogP contribution in [0.1, 0.15) is 27.2 Å². The first-order valence-corrected chi connectivity index (χ1v) is 3.84. The van der Waals surface area contributed by atoms with Gasteiger partial charge < -0.3 is 9.84 Å². The highest BCUT2D eigenvalue weighted by Gasteiger charge is 2.17. The third kappa shape index (κ3) is 6.09. The van der Waals surface area contributed by atoms with E-state index in [0.29, 0.717) is 0 Å². The van der Waals surface area contributed by atoms with Gasteiger partial charge in [-0.2, -0.15) is 0 Å². The summed E-state index contributed by atoms with van der Waals surface area (Å²) in [4.78, 5) is 10.0. The summed E-state index contributed by atoms with van der Waals surface area (Å²) < 4.78 is 17.6. The van der Waals surface area contributed by atoms with Gasteiger partial charge in [-0.05, 0) is 20.8 Å². The number of carboxylic acids is 1. The number of aliphatic carboxylic acids is 1. The number of alkyl halides is 1. The first-order valence-electron chi connectivity index (χ1n) is 3.84. The lowest BCUT2D eigenvalue weighted by atomic mass is 10.2. The Morgan fingerprint density at radius 1 is 1.58 bits per heavy atom. The van der Waals surface area contributed by atoms with Gasteiger partial charge in [-0.25, -0.2) is 9.18 Å². The molecule has 0 fully saturated rings. The molecule has 4 heteroatoms. The van der Waals surface area contributed by atoms with Crippen LogP contribution >= 0.6 is 0 Å². The summed E-state index contributed by atoms with van der Waals surface area (Å²) in [6.07, 6.45) is -1.90. The molecule has 0 aromatic heterocycles. The van der Waals surface area contributed by atoms with Crippen LogP contribution in [0.5, 0.6) is 0 Å². The largest absolute Gasteiger partial charge is 0.479 e. The summed E-state index contributed by atoms with van der Waals surface area (Å²) in [7, 11) is 0. The second kappa shape index (κ2) is 4.40. The van der Waals surface area contributed by atoms with E-state index in [1.165, 1.54) is 0 Å². The number of halogens is 1. The lowest BCUT2D eigenvalue weighted by Gasteiger charge is -2.19. The Labute approximate surface area is 71.5 Å². The standard InChI is InChI=1S/C8H15FO3/c1-8(2,3)12-5-4-6(9)7(10)11/h6H,4-5H2,1-3H3,(H,10,11). The van der Waals surface area contributed by atoms with Crippen LogP contribution in [0.3, 0.4) is 0 Å². The molecule has 12 heavy (non-hydrogen) atoms. The van der Waals surface area contributed by atoms with E-state index in [1.807, 2.05) is 20.8 Å². The van der Waals surface area contributed by atoms with Crippen molar-refractivity contribution in [2.24, 2.45) is 0 Å². The minimum Gasteiger partial charge on any atom is -0.479 e. The van der Waals surface area contributed by atoms with Crippen molar-refractivity contribution in [1.29, 1.82) is 0 Å². The first kappa shape index (κ1) is 11.4. The fraction of sp³-hybridized carbons (Fsp3) is 0.875. The van der Waals surface area contributed by atoms with Crippen LogP contribution in [0.25, 0.3) is 0 Å². The molecule has 0 bridgehead atoms. The minimum absolute atomic E-state index is 0.0907. The van der Waals surface area contributed by atoms with Gasteiger partial charge in [0, 0.05) is 6.42 Å². The van der Waals surface area contributed by atoms with Crippen molar-refractivity contribution >= 4 is 5.97 Å². The van der Waals surface area contributed by atoms with Crippen molar-refractivity contribution in [2.75, 3.05) is 6.61 Å². The molecule has 0 rings (SSSR count). The Balaban J connectivity index is 3.51. The predicted molar refractivity (Wildman–Crippen MR) is 42.9 cm³/mol. The Morgan fingerprint density at radius 3 is 2.42 bits per heavy atom. The maximum atomic E-state index is 12.4. The molecule has 1 N–H and O–H groups in total. The smallest absolute Gasteiger partial charge is 0.338 e. The van der Waals surface area contributed by atoms with Gasteiger partial charge in [0.2, 0.25) is 0 Å². The van der Waals surface area contributed by atoms with Gasteiger partial charge in [-0.1, -0.05) is 0 Å². The molecule has 0 saturated carbocycles. The Hall–Kier alpha value is -0.640. The molecule has 3 nitrogen and oxygen atoms in total. The van der Waals surface area contributed by atoms with Crippen LogP contribution in [0.4, 0.5) is 4.39 Å².